The van der Waals surface area contributed by atoms with Gasteiger partial charge in [-0.1, -0.05) is 0 Å². The second-order valence-electron chi connectivity index (χ2n) is 4.97. The molecule has 0 fully saturated rings. The standard InChI is InChI=1S/C15H12F5N3O/c1-8(12-7-21-2-3-22-12)23-14(24)10-4-9(13(16)17)5-11(6-10)15(18,19)20/h2-8,13H,1H3,(H,23,24). The van der Waals surface area contributed by atoms with E-state index in [1.54, 1.807) is 6.92 Å². The summed E-state index contributed by atoms with van der Waals surface area (Å²) in [4.78, 5) is 19.9. The molecule has 0 aliphatic carbocycles. The van der Waals surface area contributed by atoms with Crippen molar-refractivity contribution in [3.8, 4) is 0 Å². The molecule has 128 valence electrons. The predicted molar refractivity (Wildman–Crippen MR) is 74.3 cm³/mol. The maximum atomic E-state index is 12.8. The molecule has 0 spiro atoms. The molecule has 1 amide bonds. The average Bonchev–Trinajstić information content (AvgIpc) is 2.54. The number of amides is 1. The summed E-state index contributed by atoms with van der Waals surface area (Å²) in [6.07, 6.45) is -3.79. The Morgan fingerprint density at radius 3 is 2.42 bits per heavy atom. The molecule has 0 aliphatic rings. The molecule has 24 heavy (non-hydrogen) atoms. The Labute approximate surface area is 133 Å². The molecule has 1 aromatic carbocycles. The van der Waals surface area contributed by atoms with Gasteiger partial charge in [0.05, 0.1) is 23.5 Å². The van der Waals surface area contributed by atoms with Crippen LogP contribution < -0.4 is 5.32 Å². The number of nitrogens with one attached hydrogen (secondary N) is 1. The SMILES string of the molecule is CC(NC(=O)c1cc(C(F)F)cc(C(F)(F)F)c1)c1cnccn1. The number of hydrogen-bond donors (Lipinski definition) is 1. The number of alkyl halides is 5. The maximum absolute atomic E-state index is 12.8. The molecule has 0 aliphatic heterocycles. The van der Waals surface area contributed by atoms with Crippen LogP contribution in [0.1, 0.15) is 46.6 Å². The van der Waals surface area contributed by atoms with Gasteiger partial charge in [0.2, 0.25) is 0 Å². The average molecular weight is 345 g/mol. The first-order valence-electron chi connectivity index (χ1n) is 6.75. The third kappa shape index (κ3) is 4.24. The van der Waals surface area contributed by atoms with Crippen molar-refractivity contribution in [1.82, 2.24) is 15.3 Å². The van der Waals surface area contributed by atoms with Crippen LogP contribution in [0.4, 0.5) is 22.0 Å². The van der Waals surface area contributed by atoms with Crippen LogP contribution in [-0.4, -0.2) is 15.9 Å². The van der Waals surface area contributed by atoms with Gasteiger partial charge in [-0.05, 0) is 25.1 Å². The van der Waals surface area contributed by atoms with Gasteiger partial charge in [-0.25, -0.2) is 8.78 Å². The number of halogens is 5. The minimum atomic E-state index is -4.84. The number of rotatable bonds is 4. The zero-order valence-corrected chi connectivity index (χ0v) is 12.3. The quantitative estimate of drug-likeness (QED) is 0.855. The van der Waals surface area contributed by atoms with Crippen LogP contribution in [0.25, 0.3) is 0 Å². The maximum Gasteiger partial charge on any atom is 0.416 e. The molecule has 2 aromatic rings. The molecule has 0 saturated heterocycles. The number of carbonyl (C=O) groups excluding carboxylic acids is 1. The van der Waals surface area contributed by atoms with E-state index < -0.39 is 41.2 Å². The summed E-state index contributed by atoms with van der Waals surface area (Å²) in [5.41, 5.74) is -2.30. The van der Waals surface area contributed by atoms with E-state index in [2.05, 4.69) is 15.3 Å². The fourth-order valence-electron chi connectivity index (χ4n) is 1.96. The highest BCUT2D eigenvalue weighted by Gasteiger charge is 2.32. The Morgan fingerprint density at radius 1 is 1.17 bits per heavy atom. The van der Waals surface area contributed by atoms with E-state index in [1.165, 1.54) is 18.6 Å². The van der Waals surface area contributed by atoms with Gasteiger partial charge in [0.1, 0.15) is 0 Å². The van der Waals surface area contributed by atoms with E-state index in [4.69, 9.17) is 0 Å². The van der Waals surface area contributed by atoms with Crippen LogP contribution in [0.2, 0.25) is 0 Å². The first-order valence-corrected chi connectivity index (χ1v) is 6.75. The van der Waals surface area contributed by atoms with Gasteiger partial charge < -0.3 is 5.32 Å². The summed E-state index contributed by atoms with van der Waals surface area (Å²) < 4.78 is 64.0. The first-order chi connectivity index (χ1) is 11.2. The first kappa shape index (κ1) is 17.8. The molecule has 2 rings (SSSR count). The summed E-state index contributed by atoms with van der Waals surface area (Å²) in [5, 5.41) is 2.40. The zero-order chi connectivity index (χ0) is 17.9. The summed E-state index contributed by atoms with van der Waals surface area (Å²) >= 11 is 0. The predicted octanol–water partition coefficient (Wildman–Crippen LogP) is 3.92. The van der Waals surface area contributed by atoms with Crippen LogP contribution in [0, 0.1) is 0 Å². The van der Waals surface area contributed by atoms with E-state index in [9.17, 15) is 26.7 Å². The molecule has 1 unspecified atom stereocenters. The Bertz CT molecular complexity index is 719. The van der Waals surface area contributed by atoms with Gasteiger partial charge in [0, 0.05) is 23.5 Å². The minimum absolute atomic E-state index is 0.327. The van der Waals surface area contributed by atoms with Gasteiger partial charge in [-0.3, -0.25) is 14.8 Å². The fraction of sp³-hybridized carbons (Fsp3) is 0.267. The van der Waals surface area contributed by atoms with Crippen LogP contribution in [-0.2, 0) is 6.18 Å². The molecular formula is C15H12F5N3O. The lowest BCUT2D eigenvalue weighted by Gasteiger charge is -2.15. The number of benzene rings is 1. The number of hydrogen-bond acceptors (Lipinski definition) is 3. The van der Waals surface area contributed by atoms with Crippen LogP contribution in [0.5, 0.6) is 0 Å². The Kier molecular flexibility index (Phi) is 5.10. The largest absolute Gasteiger partial charge is 0.416 e. The third-order valence-corrected chi connectivity index (χ3v) is 3.17. The second kappa shape index (κ2) is 6.90. The molecule has 0 saturated carbocycles. The van der Waals surface area contributed by atoms with Crippen LogP contribution in [0.3, 0.4) is 0 Å². The minimum Gasteiger partial charge on any atom is -0.344 e. The van der Waals surface area contributed by atoms with Gasteiger partial charge in [0.25, 0.3) is 12.3 Å². The fourth-order valence-corrected chi connectivity index (χ4v) is 1.96. The Morgan fingerprint density at radius 2 is 1.88 bits per heavy atom. The highest BCUT2D eigenvalue weighted by molar-refractivity contribution is 5.94. The van der Waals surface area contributed by atoms with Crippen molar-refractivity contribution in [2.24, 2.45) is 0 Å². The Hall–Kier alpha value is -2.58. The van der Waals surface area contributed by atoms with Crippen molar-refractivity contribution in [2.45, 2.75) is 25.6 Å². The molecule has 1 N–H and O–H groups in total. The summed E-state index contributed by atoms with van der Waals surface area (Å²) in [6.45, 7) is 1.55. The van der Waals surface area contributed by atoms with Crippen molar-refractivity contribution < 1.29 is 26.7 Å². The van der Waals surface area contributed by atoms with E-state index in [0.29, 0.717) is 17.8 Å². The molecule has 1 aromatic heterocycles. The van der Waals surface area contributed by atoms with Crippen molar-refractivity contribution in [3.63, 3.8) is 0 Å². The van der Waals surface area contributed by atoms with Crippen LogP contribution >= 0.6 is 0 Å². The number of aromatic nitrogens is 2. The third-order valence-electron chi connectivity index (χ3n) is 3.17. The van der Waals surface area contributed by atoms with Gasteiger partial charge in [-0.15, -0.1) is 0 Å². The van der Waals surface area contributed by atoms with E-state index in [0.717, 1.165) is 6.07 Å². The summed E-state index contributed by atoms with van der Waals surface area (Å²) in [7, 11) is 0. The topological polar surface area (TPSA) is 54.9 Å². The second-order valence-corrected chi connectivity index (χ2v) is 4.97. The van der Waals surface area contributed by atoms with Crippen LogP contribution in [0.15, 0.2) is 36.8 Å². The van der Waals surface area contributed by atoms with E-state index >= 15 is 0 Å². The van der Waals surface area contributed by atoms with Crippen molar-refractivity contribution in [1.29, 1.82) is 0 Å². The number of nitrogens with zero attached hydrogens (tertiary/aromatic N) is 2. The highest BCUT2D eigenvalue weighted by Crippen LogP contribution is 2.33. The van der Waals surface area contributed by atoms with Crippen molar-refractivity contribution in [2.75, 3.05) is 0 Å². The van der Waals surface area contributed by atoms with Gasteiger partial charge in [0.15, 0.2) is 0 Å². The monoisotopic (exact) mass is 345 g/mol. The lowest BCUT2D eigenvalue weighted by molar-refractivity contribution is -0.137. The molecule has 0 bridgehead atoms. The van der Waals surface area contributed by atoms with Crippen molar-refractivity contribution in [3.05, 3.63) is 59.2 Å². The smallest absolute Gasteiger partial charge is 0.344 e. The molecule has 0 radical (unpaired) electrons. The molecule has 1 atom stereocenters. The van der Waals surface area contributed by atoms with Gasteiger partial charge in [-0.2, -0.15) is 13.2 Å². The molecule has 9 heteroatoms. The molecular weight excluding hydrogens is 333 g/mol. The summed E-state index contributed by atoms with van der Waals surface area (Å²) in [5.74, 6) is -0.916. The van der Waals surface area contributed by atoms with E-state index in [-0.39, 0.29) is 0 Å². The number of carbonyl (C=O) groups is 1. The lowest BCUT2D eigenvalue weighted by Crippen LogP contribution is -2.27. The summed E-state index contributed by atoms with van der Waals surface area (Å²) in [6, 6.07) is 0.937. The van der Waals surface area contributed by atoms with Crippen molar-refractivity contribution >= 4 is 5.91 Å². The normalized spacial score (nSPS) is 13.0. The highest BCUT2D eigenvalue weighted by atomic mass is 19.4. The lowest BCUT2D eigenvalue weighted by atomic mass is 10.0. The zero-order valence-electron chi connectivity index (χ0n) is 12.3. The van der Waals surface area contributed by atoms with E-state index in [1.807, 2.05) is 0 Å². The van der Waals surface area contributed by atoms with Gasteiger partial charge >= 0.3 is 6.18 Å². The molecule has 1 heterocycles. The Balaban J connectivity index is 2.30. The molecule has 4 nitrogen and oxygen atoms in total.